The van der Waals surface area contributed by atoms with Crippen molar-refractivity contribution in [1.82, 2.24) is 0 Å². The highest BCUT2D eigenvalue weighted by molar-refractivity contribution is 4.63. The molecule has 0 saturated heterocycles. The number of hydrogen-bond acceptors (Lipinski definition) is 1. The van der Waals surface area contributed by atoms with Crippen molar-refractivity contribution < 1.29 is 31.1 Å². The normalized spacial score (nSPS) is 15.5. The Hall–Kier alpha value is -0.460. The molecule has 0 aromatic carbocycles. The molecule has 0 saturated carbocycles. The summed E-state index contributed by atoms with van der Waals surface area (Å²) in [5.74, 6) is 0. The predicted octanol–water partition coefficient (Wildman–Crippen LogP) is 2.13. The molecule has 1 atom stereocenters. The van der Waals surface area contributed by atoms with Gasteiger partial charge in [-0.3, -0.25) is 0 Å². The Labute approximate surface area is 57.9 Å². The second-order valence-corrected chi connectivity index (χ2v) is 1.60. The zero-order valence-electron chi connectivity index (χ0n) is 5.04. The van der Waals surface area contributed by atoms with Crippen molar-refractivity contribution in [3.05, 3.63) is 0 Å². The summed E-state index contributed by atoms with van der Waals surface area (Å²) in [7, 11) is 0. The quantitative estimate of drug-likeness (QED) is 0.607. The first-order chi connectivity index (χ1) is 4.84. The number of rotatable bonds is 3. The summed E-state index contributed by atoms with van der Waals surface area (Å²) in [5.41, 5.74) is 0. The van der Waals surface area contributed by atoms with Crippen molar-refractivity contribution in [2.75, 3.05) is 6.61 Å². The largest absolute Gasteiger partial charge is 0.421 e. The van der Waals surface area contributed by atoms with E-state index in [1.54, 1.807) is 0 Å². The third kappa shape index (κ3) is 4.88. The van der Waals surface area contributed by atoms with Gasteiger partial charge in [0.1, 0.15) is 0 Å². The molecular weight excluding hydrogens is 178 g/mol. The summed E-state index contributed by atoms with van der Waals surface area (Å²) in [5, 5.41) is 0. The predicted molar refractivity (Wildman–Crippen MR) is 22.9 cm³/mol. The molecule has 1 nitrogen and oxygen atoms in total. The molecule has 0 spiro atoms. The highest BCUT2D eigenvalue weighted by Crippen LogP contribution is 2.23. The molecule has 0 rings (SSSR count). The first-order valence-electron chi connectivity index (χ1n) is 2.44. The zero-order valence-corrected chi connectivity index (χ0v) is 5.04. The first-order valence-corrected chi connectivity index (χ1v) is 2.44. The van der Waals surface area contributed by atoms with E-state index in [9.17, 15) is 26.3 Å². The summed E-state index contributed by atoms with van der Waals surface area (Å²) >= 11 is 0. The molecule has 0 aliphatic heterocycles. The second-order valence-electron chi connectivity index (χ2n) is 1.60. The molecule has 0 amide bonds. The molecule has 0 fully saturated rings. The van der Waals surface area contributed by atoms with Gasteiger partial charge in [-0.25, -0.2) is 4.39 Å². The van der Waals surface area contributed by atoms with Crippen molar-refractivity contribution in [1.29, 1.82) is 0 Å². The molecule has 0 aliphatic rings. The Morgan fingerprint density at radius 2 is 1.55 bits per heavy atom. The van der Waals surface area contributed by atoms with Crippen LogP contribution in [0.4, 0.5) is 26.3 Å². The van der Waals surface area contributed by atoms with E-state index in [-0.39, 0.29) is 0 Å². The van der Waals surface area contributed by atoms with Crippen LogP contribution in [0.1, 0.15) is 0 Å². The minimum absolute atomic E-state index is 1.67. The van der Waals surface area contributed by atoms with Crippen LogP contribution < -0.4 is 0 Å². The van der Waals surface area contributed by atoms with Gasteiger partial charge >= 0.3 is 12.8 Å². The van der Waals surface area contributed by atoms with Crippen LogP contribution in [-0.4, -0.2) is 25.6 Å². The maximum atomic E-state index is 11.7. The van der Waals surface area contributed by atoms with Crippen molar-refractivity contribution >= 4 is 0 Å². The van der Waals surface area contributed by atoms with Gasteiger partial charge in [0, 0.05) is 0 Å². The lowest BCUT2D eigenvalue weighted by Gasteiger charge is -2.11. The van der Waals surface area contributed by atoms with Crippen molar-refractivity contribution in [3.8, 4) is 0 Å². The molecule has 0 heterocycles. The fourth-order valence-corrected chi connectivity index (χ4v) is 0.252. The molecule has 0 aromatic rings. The fourth-order valence-electron chi connectivity index (χ4n) is 0.252. The summed E-state index contributed by atoms with van der Waals surface area (Å²) in [6, 6.07) is 0. The maximum Gasteiger partial charge on any atom is 0.421 e. The number of ether oxygens (including phenoxy) is 1. The molecule has 0 radical (unpaired) electrons. The lowest BCUT2D eigenvalue weighted by atomic mass is 10.4. The van der Waals surface area contributed by atoms with Gasteiger partial charge in [-0.2, -0.15) is 22.0 Å². The van der Waals surface area contributed by atoms with Crippen LogP contribution in [0, 0.1) is 0 Å². The second kappa shape index (κ2) is 3.80. The Balaban J connectivity index is 3.61. The van der Waals surface area contributed by atoms with Crippen LogP contribution in [0.25, 0.3) is 0 Å². The first kappa shape index (κ1) is 10.5. The molecular formula is C4H4F6O. The zero-order chi connectivity index (χ0) is 9.07. The molecule has 0 aromatic heterocycles. The summed E-state index contributed by atoms with van der Waals surface area (Å²) in [6.45, 7) is -5.04. The molecule has 7 heteroatoms. The van der Waals surface area contributed by atoms with E-state index in [2.05, 4.69) is 4.74 Å². The Morgan fingerprint density at radius 3 is 1.82 bits per heavy atom. The minimum Gasteiger partial charge on any atom is -0.320 e. The van der Waals surface area contributed by atoms with Crippen LogP contribution in [0.5, 0.6) is 0 Å². The summed E-state index contributed by atoms with van der Waals surface area (Å²) in [4.78, 5) is 0. The van der Waals surface area contributed by atoms with Gasteiger partial charge in [0.2, 0.25) is 6.17 Å². The smallest absolute Gasteiger partial charge is 0.320 e. The molecule has 0 N–H and O–H groups in total. The van der Waals surface area contributed by atoms with E-state index >= 15 is 0 Å². The average molecular weight is 182 g/mol. The van der Waals surface area contributed by atoms with E-state index in [0.717, 1.165) is 0 Å². The van der Waals surface area contributed by atoms with E-state index in [1.165, 1.54) is 0 Å². The summed E-state index contributed by atoms with van der Waals surface area (Å²) < 4.78 is 70.4. The number of halogens is 6. The standard InChI is InChI=1S/C4H4F6O/c5-2(4(8,9)10)1-11-3(6)7/h2-3H,1H2. The van der Waals surface area contributed by atoms with E-state index in [4.69, 9.17) is 0 Å². The van der Waals surface area contributed by atoms with Gasteiger partial charge in [-0.15, -0.1) is 0 Å². The van der Waals surface area contributed by atoms with Crippen LogP contribution >= 0.6 is 0 Å². The van der Waals surface area contributed by atoms with Gasteiger partial charge in [-0.1, -0.05) is 0 Å². The van der Waals surface area contributed by atoms with Crippen LogP contribution in [-0.2, 0) is 4.74 Å². The van der Waals surface area contributed by atoms with Gasteiger partial charge in [0.25, 0.3) is 0 Å². The van der Waals surface area contributed by atoms with Gasteiger partial charge < -0.3 is 4.74 Å². The summed E-state index contributed by atoms with van der Waals surface area (Å²) in [6.07, 6.45) is -8.48. The molecule has 68 valence electrons. The number of alkyl halides is 6. The lowest BCUT2D eigenvalue weighted by Crippen LogP contribution is -2.29. The molecule has 11 heavy (non-hydrogen) atoms. The third-order valence-electron chi connectivity index (χ3n) is 0.724. The van der Waals surface area contributed by atoms with E-state index < -0.39 is 25.6 Å². The van der Waals surface area contributed by atoms with Crippen LogP contribution in [0.15, 0.2) is 0 Å². The van der Waals surface area contributed by atoms with Gasteiger partial charge in [-0.05, 0) is 0 Å². The Bertz CT molecular complexity index is 110. The fraction of sp³-hybridized carbons (Fsp3) is 1.00. The highest BCUT2D eigenvalue weighted by atomic mass is 19.4. The minimum atomic E-state index is -5.13. The van der Waals surface area contributed by atoms with Crippen molar-refractivity contribution in [2.45, 2.75) is 19.0 Å². The van der Waals surface area contributed by atoms with Crippen LogP contribution in [0.3, 0.4) is 0 Å². The monoisotopic (exact) mass is 182 g/mol. The van der Waals surface area contributed by atoms with Crippen molar-refractivity contribution in [3.63, 3.8) is 0 Å². The lowest BCUT2D eigenvalue weighted by molar-refractivity contribution is -0.218. The molecule has 1 unspecified atom stereocenters. The number of hydrogen-bond donors (Lipinski definition) is 0. The Morgan fingerprint density at radius 1 is 1.09 bits per heavy atom. The maximum absolute atomic E-state index is 11.7. The molecule has 0 aliphatic carbocycles. The van der Waals surface area contributed by atoms with Gasteiger partial charge in [0.15, 0.2) is 0 Å². The highest BCUT2D eigenvalue weighted by Gasteiger charge is 2.40. The SMILES string of the molecule is FC(F)OCC(F)C(F)(F)F. The average Bonchev–Trinajstić information content (AvgIpc) is 1.80. The van der Waals surface area contributed by atoms with Gasteiger partial charge in [0.05, 0.1) is 6.61 Å². The molecule has 0 bridgehead atoms. The van der Waals surface area contributed by atoms with E-state index in [1.807, 2.05) is 0 Å². The topological polar surface area (TPSA) is 9.23 Å². The van der Waals surface area contributed by atoms with Crippen molar-refractivity contribution in [2.24, 2.45) is 0 Å². The third-order valence-corrected chi connectivity index (χ3v) is 0.724. The van der Waals surface area contributed by atoms with Crippen LogP contribution in [0.2, 0.25) is 0 Å². The van der Waals surface area contributed by atoms with E-state index in [0.29, 0.717) is 0 Å². The Kier molecular flexibility index (Phi) is 3.64.